The summed E-state index contributed by atoms with van der Waals surface area (Å²) in [6, 6.07) is 0. The Labute approximate surface area is 99.9 Å². The molecular formula is C15H24O. The Bertz CT molecular complexity index is 282. The summed E-state index contributed by atoms with van der Waals surface area (Å²) in [6.45, 7) is 8.14. The second-order valence-corrected chi connectivity index (χ2v) is 4.24. The van der Waals surface area contributed by atoms with E-state index in [0.29, 0.717) is 5.92 Å². The number of rotatable bonds is 7. The lowest BCUT2D eigenvalue weighted by atomic mass is 9.95. The molecule has 0 fully saturated rings. The van der Waals surface area contributed by atoms with Gasteiger partial charge in [0.2, 0.25) is 0 Å². The lowest BCUT2D eigenvalue weighted by molar-refractivity contribution is -0.104. The van der Waals surface area contributed by atoms with E-state index in [1.807, 2.05) is 20.8 Å². The number of carbonyl (C=O) groups excluding carboxylic acids is 1. The van der Waals surface area contributed by atoms with E-state index >= 15 is 0 Å². The van der Waals surface area contributed by atoms with E-state index in [1.165, 1.54) is 5.57 Å². The van der Waals surface area contributed by atoms with Crippen LogP contribution in [0.4, 0.5) is 0 Å². The summed E-state index contributed by atoms with van der Waals surface area (Å²) >= 11 is 0. The first kappa shape index (κ1) is 14.9. The van der Waals surface area contributed by atoms with Crippen LogP contribution in [0.2, 0.25) is 0 Å². The summed E-state index contributed by atoms with van der Waals surface area (Å²) in [5.41, 5.74) is 2.07. The summed E-state index contributed by atoms with van der Waals surface area (Å²) in [6.07, 6.45) is 12.9. The van der Waals surface area contributed by atoms with Crippen LogP contribution >= 0.6 is 0 Å². The van der Waals surface area contributed by atoms with Gasteiger partial charge in [0, 0.05) is 0 Å². The van der Waals surface area contributed by atoms with Crippen molar-refractivity contribution in [3.63, 3.8) is 0 Å². The van der Waals surface area contributed by atoms with E-state index < -0.39 is 0 Å². The average Bonchev–Trinajstić information content (AvgIpc) is 2.31. The van der Waals surface area contributed by atoms with Gasteiger partial charge in [-0.2, -0.15) is 0 Å². The van der Waals surface area contributed by atoms with Gasteiger partial charge in [0.05, 0.1) is 0 Å². The van der Waals surface area contributed by atoms with Gasteiger partial charge < -0.3 is 0 Å². The van der Waals surface area contributed by atoms with Gasteiger partial charge in [0.15, 0.2) is 0 Å². The number of allylic oxidation sites excluding steroid dienone is 6. The van der Waals surface area contributed by atoms with Crippen LogP contribution in [-0.4, -0.2) is 6.29 Å². The first-order valence-corrected chi connectivity index (χ1v) is 6.02. The number of unbranched alkanes of at least 4 members (excludes halogenated alkanes) is 1. The predicted molar refractivity (Wildman–Crippen MR) is 71.4 cm³/mol. The standard InChI is InChI=1S/C15H24O/c1-5-6-7-8-9-10-11-13(2)15(4)14(3)12-16/h5-6,9-10,12-13H,7-8,11H2,1-4H3. The van der Waals surface area contributed by atoms with E-state index in [2.05, 4.69) is 31.2 Å². The van der Waals surface area contributed by atoms with E-state index in [4.69, 9.17) is 0 Å². The predicted octanol–water partition coefficient (Wildman–Crippen LogP) is 4.46. The molecule has 0 aliphatic carbocycles. The van der Waals surface area contributed by atoms with E-state index in [0.717, 1.165) is 31.1 Å². The second-order valence-electron chi connectivity index (χ2n) is 4.24. The molecule has 0 radical (unpaired) electrons. The van der Waals surface area contributed by atoms with E-state index in [1.54, 1.807) is 0 Å². The van der Waals surface area contributed by atoms with Crippen molar-refractivity contribution in [3.05, 3.63) is 35.5 Å². The zero-order valence-corrected chi connectivity index (χ0v) is 11.0. The highest BCUT2D eigenvalue weighted by molar-refractivity contribution is 5.73. The van der Waals surface area contributed by atoms with Gasteiger partial charge >= 0.3 is 0 Å². The fraction of sp³-hybridized carbons (Fsp3) is 0.533. The van der Waals surface area contributed by atoms with E-state index in [-0.39, 0.29) is 0 Å². The molecule has 0 aliphatic heterocycles. The quantitative estimate of drug-likeness (QED) is 0.268. The van der Waals surface area contributed by atoms with Gasteiger partial charge in [-0.25, -0.2) is 0 Å². The molecule has 0 bridgehead atoms. The molecule has 0 saturated carbocycles. The van der Waals surface area contributed by atoms with Gasteiger partial charge in [-0.1, -0.05) is 36.8 Å². The maximum Gasteiger partial charge on any atom is 0.145 e. The van der Waals surface area contributed by atoms with Crippen molar-refractivity contribution in [2.45, 2.75) is 47.0 Å². The Morgan fingerprint density at radius 1 is 1.12 bits per heavy atom. The largest absolute Gasteiger partial charge is 0.298 e. The first-order valence-electron chi connectivity index (χ1n) is 6.02. The minimum atomic E-state index is 0.461. The lowest BCUT2D eigenvalue weighted by Crippen LogP contribution is -1.98. The van der Waals surface area contributed by atoms with Crippen LogP contribution in [0, 0.1) is 5.92 Å². The monoisotopic (exact) mass is 220 g/mol. The molecule has 0 spiro atoms. The Morgan fingerprint density at radius 2 is 1.75 bits per heavy atom. The van der Waals surface area contributed by atoms with Crippen LogP contribution in [0.3, 0.4) is 0 Å². The zero-order valence-electron chi connectivity index (χ0n) is 11.0. The smallest absolute Gasteiger partial charge is 0.145 e. The summed E-state index contributed by atoms with van der Waals surface area (Å²) in [5.74, 6) is 0.461. The normalized spacial score (nSPS) is 15.5. The molecule has 0 rings (SSSR count). The number of hydrogen-bond donors (Lipinski definition) is 0. The fourth-order valence-electron chi connectivity index (χ4n) is 1.44. The molecule has 0 aromatic carbocycles. The van der Waals surface area contributed by atoms with Crippen LogP contribution in [-0.2, 0) is 4.79 Å². The molecule has 0 heterocycles. The summed E-state index contributed by atoms with van der Waals surface area (Å²) in [4.78, 5) is 10.6. The van der Waals surface area contributed by atoms with Gasteiger partial charge in [0.1, 0.15) is 6.29 Å². The van der Waals surface area contributed by atoms with Gasteiger partial charge in [-0.15, -0.1) is 0 Å². The van der Waals surface area contributed by atoms with Gasteiger partial charge in [-0.3, -0.25) is 4.79 Å². The Kier molecular flexibility index (Phi) is 8.51. The molecule has 0 N–H and O–H groups in total. The highest BCUT2D eigenvalue weighted by Gasteiger charge is 2.04. The molecule has 1 unspecified atom stereocenters. The highest BCUT2D eigenvalue weighted by atomic mass is 16.1. The van der Waals surface area contributed by atoms with Crippen molar-refractivity contribution in [2.75, 3.05) is 0 Å². The minimum absolute atomic E-state index is 0.461. The molecule has 1 nitrogen and oxygen atoms in total. The number of aldehydes is 1. The topological polar surface area (TPSA) is 17.1 Å². The zero-order chi connectivity index (χ0) is 12.4. The van der Waals surface area contributed by atoms with Crippen molar-refractivity contribution >= 4 is 6.29 Å². The van der Waals surface area contributed by atoms with Crippen LogP contribution in [0.1, 0.15) is 47.0 Å². The molecule has 16 heavy (non-hydrogen) atoms. The van der Waals surface area contributed by atoms with Crippen molar-refractivity contribution < 1.29 is 4.79 Å². The Hall–Kier alpha value is -1.11. The maximum absolute atomic E-state index is 10.6. The first-order chi connectivity index (χ1) is 7.63. The number of hydrogen-bond acceptors (Lipinski definition) is 1. The lowest BCUT2D eigenvalue weighted by Gasteiger charge is -2.10. The Balaban J connectivity index is 3.97. The van der Waals surface area contributed by atoms with Crippen molar-refractivity contribution in [2.24, 2.45) is 5.92 Å². The summed E-state index contributed by atoms with van der Waals surface area (Å²) in [7, 11) is 0. The number of carbonyl (C=O) groups is 1. The highest BCUT2D eigenvalue weighted by Crippen LogP contribution is 2.17. The maximum atomic E-state index is 10.6. The van der Waals surface area contributed by atoms with Gasteiger partial charge in [-0.05, 0) is 51.5 Å². The third-order valence-corrected chi connectivity index (χ3v) is 2.93. The van der Waals surface area contributed by atoms with Crippen LogP contribution in [0.5, 0.6) is 0 Å². The van der Waals surface area contributed by atoms with Crippen molar-refractivity contribution in [1.29, 1.82) is 0 Å². The molecule has 0 amide bonds. The van der Waals surface area contributed by atoms with Crippen LogP contribution in [0.25, 0.3) is 0 Å². The molecule has 0 saturated heterocycles. The molecule has 0 aromatic rings. The molecule has 1 atom stereocenters. The average molecular weight is 220 g/mol. The third-order valence-electron chi connectivity index (χ3n) is 2.93. The minimum Gasteiger partial charge on any atom is -0.298 e. The molecular weight excluding hydrogens is 196 g/mol. The molecule has 90 valence electrons. The van der Waals surface area contributed by atoms with Crippen LogP contribution < -0.4 is 0 Å². The SMILES string of the molecule is CC=CCCC=CCC(C)C(C)=C(C)C=O. The Morgan fingerprint density at radius 3 is 2.31 bits per heavy atom. The summed E-state index contributed by atoms with van der Waals surface area (Å²) < 4.78 is 0. The van der Waals surface area contributed by atoms with Gasteiger partial charge in [0.25, 0.3) is 0 Å². The fourth-order valence-corrected chi connectivity index (χ4v) is 1.44. The second kappa shape index (κ2) is 9.14. The van der Waals surface area contributed by atoms with E-state index in [9.17, 15) is 4.79 Å². The van der Waals surface area contributed by atoms with Crippen LogP contribution in [0.15, 0.2) is 35.5 Å². The van der Waals surface area contributed by atoms with Crippen molar-refractivity contribution in [3.8, 4) is 0 Å². The third kappa shape index (κ3) is 6.39. The van der Waals surface area contributed by atoms with Crippen molar-refractivity contribution in [1.82, 2.24) is 0 Å². The summed E-state index contributed by atoms with van der Waals surface area (Å²) in [5, 5.41) is 0. The molecule has 0 aromatic heterocycles. The molecule has 1 heteroatoms. The molecule has 0 aliphatic rings.